The molecule has 18 nitrogen and oxygen atoms in total. The summed E-state index contributed by atoms with van der Waals surface area (Å²) in [6.45, 7) is 4.84. The van der Waals surface area contributed by atoms with Gasteiger partial charge < -0.3 is 38.1 Å². The highest BCUT2D eigenvalue weighted by Gasteiger charge is 2.29. The number of ether oxygens (including phenoxy) is 3. The number of nitriles is 1. The Morgan fingerprint density at radius 1 is 0.690 bits per heavy atom. The Balaban J connectivity index is 0.000000162. The molecule has 100 heavy (non-hydrogen) atoms. The fourth-order valence-corrected chi connectivity index (χ4v) is 13.1. The van der Waals surface area contributed by atoms with Crippen molar-refractivity contribution in [3.8, 4) is 6.07 Å². The molecule has 4 aromatic heterocycles. The number of carbonyl (C=O) groups excluding carboxylic acids is 3. The first-order valence-corrected chi connectivity index (χ1v) is 35.4. The Kier molecular flexibility index (Phi) is 26.4. The number of imidazole rings is 3. The molecule has 1 atom stereocenters. The van der Waals surface area contributed by atoms with Crippen molar-refractivity contribution in [2.24, 2.45) is 5.92 Å². The number of aromatic nitrogens is 7. The number of unbranched alkanes of at least 4 members (excludes halogenated alkanes) is 1. The van der Waals surface area contributed by atoms with Gasteiger partial charge in [0.25, 0.3) is 5.91 Å². The predicted octanol–water partition coefficient (Wildman–Crippen LogP) is 15.6. The summed E-state index contributed by atoms with van der Waals surface area (Å²) in [5, 5.41) is 28.1. The van der Waals surface area contributed by atoms with E-state index >= 15 is 13.2 Å². The Morgan fingerprint density at radius 3 is 1.79 bits per heavy atom. The van der Waals surface area contributed by atoms with Crippen LogP contribution in [0.15, 0.2) is 130 Å². The van der Waals surface area contributed by atoms with Crippen molar-refractivity contribution in [3.05, 3.63) is 219 Å². The molecule has 1 aliphatic carbocycles. The third-order valence-corrected chi connectivity index (χ3v) is 19.1. The van der Waals surface area contributed by atoms with Crippen LogP contribution in [0.1, 0.15) is 129 Å². The highest BCUT2D eigenvalue weighted by atomic mass is 79.9. The monoisotopic (exact) mass is 1600 g/mol. The fraction of sp³-hybridized carbons (Fsp3) is 0.342. The first kappa shape index (κ1) is 75.3. The van der Waals surface area contributed by atoms with Crippen LogP contribution in [-0.2, 0) is 57.9 Å². The predicted molar refractivity (Wildman–Crippen MR) is 381 cm³/mol. The van der Waals surface area contributed by atoms with Crippen molar-refractivity contribution in [1.82, 2.24) is 39.1 Å². The van der Waals surface area contributed by atoms with Gasteiger partial charge in [0.1, 0.15) is 35.6 Å². The first-order chi connectivity index (χ1) is 48.1. The normalized spacial score (nSPS) is 13.8. The van der Waals surface area contributed by atoms with Crippen molar-refractivity contribution in [2.45, 2.75) is 109 Å². The van der Waals surface area contributed by atoms with Gasteiger partial charge in [-0.25, -0.2) is 38.0 Å². The molecule has 0 spiro atoms. The summed E-state index contributed by atoms with van der Waals surface area (Å²) in [5.74, 6) is -3.12. The van der Waals surface area contributed by atoms with Gasteiger partial charge in [-0.2, -0.15) is 5.26 Å². The zero-order valence-electron chi connectivity index (χ0n) is 54.5. The molecular weight excluding hydrogens is 1530 g/mol. The summed E-state index contributed by atoms with van der Waals surface area (Å²) in [6, 6.07) is 27.7. The summed E-state index contributed by atoms with van der Waals surface area (Å²) in [4.78, 5) is 61.3. The zero-order chi connectivity index (χ0) is 71.2. The van der Waals surface area contributed by atoms with Crippen LogP contribution < -0.4 is 5.48 Å². The van der Waals surface area contributed by atoms with Crippen LogP contribution in [0.5, 0.6) is 0 Å². The molecule has 10 aromatic rings. The second kappa shape index (κ2) is 35.0. The maximum absolute atomic E-state index is 15.8. The molecule has 2 aliphatic rings. The summed E-state index contributed by atoms with van der Waals surface area (Å²) in [6.07, 6.45) is 12.7. The number of aryl methyl sites for hydroxylation is 1. The average Bonchev–Trinajstić information content (AvgIpc) is 1.54. The number of ketones is 2. The maximum atomic E-state index is 15.8. The number of amides is 1. The molecule has 12 rings (SSSR count). The smallest absolute Gasteiger partial charge is 0.275 e. The van der Waals surface area contributed by atoms with E-state index in [1.165, 1.54) is 12.4 Å². The van der Waals surface area contributed by atoms with Gasteiger partial charge in [0, 0.05) is 96.3 Å². The van der Waals surface area contributed by atoms with Crippen LogP contribution in [-0.4, -0.2) is 119 Å². The molecule has 524 valence electrons. The number of rotatable bonds is 27. The first-order valence-electron chi connectivity index (χ1n) is 32.2. The van der Waals surface area contributed by atoms with Crippen LogP contribution >= 0.6 is 71.0 Å². The van der Waals surface area contributed by atoms with Gasteiger partial charge in [-0.15, -0.1) is 0 Å². The van der Waals surface area contributed by atoms with Crippen LogP contribution in [0.2, 0.25) is 10.0 Å². The lowest BCUT2D eigenvalue weighted by atomic mass is 9.95. The number of Topliss-reactive ketones (excluding diaryl/α,β-unsaturated/α-hetero) is 2. The lowest BCUT2D eigenvalue weighted by molar-refractivity contribution is -0.0447. The fourth-order valence-electron chi connectivity index (χ4n) is 11.3. The Morgan fingerprint density at radius 2 is 1.24 bits per heavy atom. The molecule has 0 bridgehead atoms. The second-order valence-corrected chi connectivity index (χ2v) is 28.3. The van der Waals surface area contributed by atoms with E-state index in [0.717, 1.165) is 52.3 Å². The van der Waals surface area contributed by atoms with Gasteiger partial charge in [0.2, 0.25) is 0 Å². The number of hydroxylamine groups is 1. The third kappa shape index (κ3) is 19.2. The van der Waals surface area contributed by atoms with Gasteiger partial charge in [-0.3, -0.25) is 24.2 Å². The molecule has 1 aliphatic heterocycles. The number of benzene rings is 6. The van der Waals surface area contributed by atoms with Crippen molar-refractivity contribution in [1.29, 1.82) is 5.26 Å². The van der Waals surface area contributed by atoms with Crippen molar-refractivity contribution in [2.75, 3.05) is 46.2 Å². The highest BCUT2D eigenvalue weighted by molar-refractivity contribution is 9.11. The molecule has 27 heteroatoms. The SMILES string of the molecule is CC(C)(CO)OCC(=O)c1cc2c(ncn2CC2CCCCO2)c(F)c1Cc1ccc(Br)cc1F.N#CCCCn1cnc2c(F)c(Cc3ccc(Br)cc3Cl)c(C(=O)COCC3CC3)cc21.O=C(NOCCO)c1cc2c(ncn2Cc2ccccn2)c(F)c1Cc1ccc(Br)cc1Cl. The second-order valence-electron chi connectivity index (χ2n) is 24.8. The molecule has 5 heterocycles. The van der Waals surface area contributed by atoms with Crippen molar-refractivity contribution < 1.29 is 61.2 Å². The van der Waals surface area contributed by atoms with Crippen LogP contribution in [0.4, 0.5) is 17.6 Å². The quantitative estimate of drug-likeness (QED) is 0.0188. The molecule has 1 saturated heterocycles. The highest BCUT2D eigenvalue weighted by Crippen LogP contribution is 2.35. The number of carbonyl (C=O) groups is 3. The van der Waals surface area contributed by atoms with E-state index in [1.54, 1.807) is 101 Å². The lowest BCUT2D eigenvalue weighted by Gasteiger charge is -2.23. The minimum absolute atomic E-state index is 0.00594. The molecule has 2 fully saturated rings. The molecule has 3 N–H and O–H groups in total. The van der Waals surface area contributed by atoms with Crippen LogP contribution in [0.3, 0.4) is 0 Å². The standard InChI is InChI=1S/C26H29BrF2N2O4.C24H22BrClFN3O2.C23H19BrClFN4O3/c1-26(2,14-32)35-13-23(33)19-11-22-25(30-15-31(22)12-18-5-3-4-8-34-18)24(29)20(19)9-16-6-7-17(27)10-21(16)28;25-17-6-5-16(20(26)10-17)9-19-18(22(31)13-32-12-15-3-4-15)11-21-24(23(19)27)29-14-30(21)8-2-1-7-28;24-15-5-4-14(19(25)10-15)9-17-18(23(32)29-33-8-7-31)11-20-22(21(17)26)28-13-30(20)12-16-3-1-2-6-27-16/h6-7,10-11,15,18,32H,3-5,8-9,12-14H2,1-2H3;5-6,10-11,14-15H,1-4,8-9,12-13H2;1-6,10-11,13,31H,7-9,12H2,(H,29,32). The molecule has 6 aromatic carbocycles. The van der Waals surface area contributed by atoms with Crippen molar-refractivity contribution in [3.63, 3.8) is 0 Å². The number of nitrogens with one attached hydrogen (secondary N) is 1. The summed E-state index contributed by atoms with van der Waals surface area (Å²) in [5.41, 5.74) is 6.58. The van der Waals surface area contributed by atoms with E-state index in [4.69, 9.17) is 52.6 Å². The van der Waals surface area contributed by atoms with Gasteiger partial charge >= 0.3 is 0 Å². The van der Waals surface area contributed by atoms with E-state index in [1.807, 2.05) is 30.3 Å². The molecular formula is C73H70Br3Cl2F4N9O9. The van der Waals surface area contributed by atoms with E-state index < -0.39 is 40.6 Å². The summed E-state index contributed by atoms with van der Waals surface area (Å²) < 4.78 is 86.3. The van der Waals surface area contributed by atoms with E-state index in [0.29, 0.717) is 88.2 Å². The number of aliphatic hydroxyl groups excluding tert-OH is 2. The molecule has 0 radical (unpaired) electrons. The zero-order valence-corrected chi connectivity index (χ0v) is 60.8. The number of nitrogens with zero attached hydrogens (tertiary/aromatic N) is 8. The third-order valence-electron chi connectivity index (χ3n) is 16.9. The topological polar surface area (TPSA) is 231 Å². The largest absolute Gasteiger partial charge is 0.394 e. The van der Waals surface area contributed by atoms with Gasteiger partial charge in [-0.05, 0) is 142 Å². The Hall–Kier alpha value is -7.32. The van der Waals surface area contributed by atoms with E-state index in [-0.39, 0.29) is 120 Å². The van der Waals surface area contributed by atoms with Crippen LogP contribution in [0.25, 0.3) is 33.1 Å². The van der Waals surface area contributed by atoms with E-state index in [2.05, 4.69) is 79.3 Å². The van der Waals surface area contributed by atoms with E-state index in [9.17, 15) is 23.9 Å². The summed E-state index contributed by atoms with van der Waals surface area (Å²) >= 11 is 22.7. The molecule has 1 unspecified atom stereocenters. The maximum Gasteiger partial charge on any atom is 0.275 e. The molecule has 1 amide bonds. The van der Waals surface area contributed by atoms with Crippen LogP contribution in [0, 0.1) is 40.5 Å². The minimum Gasteiger partial charge on any atom is -0.394 e. The lowest BCUT2D eigenvalue weighted by Crippen LogP contribution is -2.31. The summed E-state index contributed by atoms with van der Waals surface area (Å²) in [7, 11) is 0. The number of halogens is 9. The number of aliphatic hydroxyl groups is 2. The minimum atomic E-state index is -0.934. The number of pyridine rings is 1. The van der Waals surface area contributed by atoms with Crippen molar-refractivity contribution >= 4 is 122 Å². The Labute approximate surface area is 609 Å². The average molecular weight is 1600 g/mol. The molecule has 1 saturated carbocycles. The van der Waals surface area contributed by atoms with Gasteiger partial charge in [-0.1, -0.05) is 95.3 Å². The Bertz CT molecular complexity index is 4640. The number of hydrogen-bond donors (Lipinski definition) is 3. The van der Waals surface area contributed by atoms with Gasteiger partial charge in [0.05, 0.1) is 104 Å². The number of fused-ring (bicyclic) bond motifs is 3. The van der Waals surface area contributed by atoms with Gasteiger partial charge in [0.15, 0.2) is 29.0 Å². The number of hydrogen-bond acceptors (Lipinski definition) is 14.